The van der Waals surface area contributed by atoms with Crippen LogP contribution in [-0.2, 0) is 11.3 Å². The molecule has 0 amide bonds. The van der Waals surface area contributed by atoms with Crippen molar-refractivity contribution in [3.05, 3.63) is 11.9 Å². The van der Waals surface area contributed by atoms with Crippen LogP contribution in [0.5, 0.6) is 5.75 Å². The minimum absolute atomic E-state index is 0.183. The number of ether oxygens (including phenoxy) is 2. The molecule has 1 aromatic rings. The molecule has 1 aromatic heterocycles. The summed E-state index contributed by atoms with van der Waals surface area (Å²) in [5.74, 6) is 1.75. The highest BCUT2D eigenvalue weighted by Gasteiger charge is 2.43. The molecule has 5 unspecified atom stereocenters. The van der Waals surface area contributed by atoms with Crippen molar-refractivity contribution in [1.29, 1.82) is 0 Å². The van der Waals surface area contributed by atoms with Crippen LogP contribution in [0, 0.1) is 11.8 Å². The van der Waals surface area contributed by atoms with Gasteiger partial charge in [0.2, 0.25) is 0 Å². The monoisotopic (exact) mass is 281 g/mol. The molecule has 2 rings (SSSR count). The largest absolute Gasteiger partial charge is 0.493 e. The van der Waals surface area contributed by atoms with Gasteiger partial charge in [-0.1, -0.05) is 6.92 Å². The Morgan fingerprint density at radius 2 is 2.10 bits per heavy atom. The summed E-state index contributed by atoms with van der Waals surface area (Å²) in [5.41, 5.74) is 1.12. The molecule has 5 heteroatoms. The van der Waals surface area contributed by atoms with Crippen LogP contribution in [0.3, 0.4) is 0 Å². The third kappa shape index (κ3) is 2.44. The van der Waals surface area contributed by atoms with E-state index in [9.17, 15) is 0 Å². The van der Waals surface area contributed by atoms with E-state index in [-0.39, 0.29) is 18.2 Å². The van der Waals surface area contributed by atoms with Crippen molar-refractivity contribution < 1.29 is 9.47 Å². The maximum Gasteiger partial charge on any atom is 0.161 e. The smallest absolute Gasteiger partial charge is 0.161 e. The van der Waals surface area contributed by atoms with E-state index >= 15 is 0 Å². The summed E-state index contributed by atoms with van der Waals surface area (Å²) in [6, 6.07) is 0.183. The number of hydrogen-bond acceptors (Lipinski definition) is 4. The Morgan fingerprint density at radius 1 is 1.40 bits per heavy atom. The van der Waals surface area contributed by atoms with Gasteiger partial charge in [0, 0.05) is 12.5 Å². The highest BCUT2D eigenvalue weighted by atomic mass is 16.5. The maximum atomic E-state index is 6.00. The first kappa shape index (κ1) is 15.3. The molecule has 0 spiro atoms. The van der Waals surface area contributed by atoms with E-state index < -0.39 is 0 Å². The van der Waals surface area contributed by atoms with Gasteiger partial charge in [0.15, 0.2) is 5.75 Å². The Kier molecular flexibility index (Phi) is 4.70. The standard InChI is InChI=1S/C15H27N3O2/c1-7-18-15(12(19-6)8-17-18)14(16-5)13-9(2)10(3)20-11(13)4/h8-11,13-14,16H,7H2,1-6H3. The van der Waals surface area contributed by atoms with Crippen molar-refractivity contribution in [2.45, 2.75) is 52.5 Å². The molecule has 114 valence electrons. The molecule has 0 radical (unpaired) electrons. The van der Waals surface area contributed by atoms with Gasteiger partial charge in [0.25, 0.3) is 0 Å². The lowest BCUT2D eigenvalue weighted by Gasteiger charge is -2.29. The molecule has 1 fully saturated rings. The highest BCUT2D eigenvalue weighted by Crippen LogP contribution is 2.42. The number of hydrogen-bond donors (Lipinski definition) is 1. The molecule has 5 nitrogen and oxygen atoms in total. The van der Waals surface area contributed by atoms with Gasteiger partial charge < -0.3 is 14.8 Å². The van der Waals surface area contributed by atoms with Gasteiger partial charge in [-0.2, -0.15) is 5.10 Å². The summed E-state index contributed by atoms with van der Waals surface area (Å²) in [5, 5.41) is 7.88. The van der Waals surface area contributed by atoms with E-state index in [1.54, 1.807) is 13.3 Å². The van der Waals surface area contributed by atoms with Crippen LogP contribution in [0.1, 0.15) is 39.4 Å². The fraction of sp³-hybridized carbons (Fsp3) is 0.800. The van der Waals surface area contributed by atoms with E-state index in [2.05, 4.69) is 38.1 Å². The van der Waals surface area contributed by atoms with Gasteiger partial charge in [0.1, 0.15) is 0 Å². The second kappa shape index (κ2) is 6.14. The SMILES string of the molecule is CCn1ncc(OC)c1C(NC)C1C(C)OC(C)C1C. The zero-order valence-corrected chi connectivity index (χ0v) is 13.4. The summed E-state index contributed by atoms with van der Waals surface area (Å²) in [6.07, 6.45) is 2.31. The summed E-state index contributed by atoms with van der Waals surface area (Å²) >= 11 is 0. The number of nitrogens with one attached hydrogen (secondary N) is 1. The lowest BCUT2D eigenvalue weighted by atomic mass is 9.82. The number of aryl methyl sites for hydroxylation is 1. The predicted octanol–water partition coefficient (Wildman–Crippen LogP) is 2.23. The molecule has 0 bridgehead atoms. The van der Waals surface area contributed by atoms with Gasteiger partial charge in [-0.05, 0) is 33.7 Å². The number of nitrogens with zero attached hydrogens (tertiary/aromatic N) is 2. The van der Waals surface area contributed by atoms with Crippen molar-refractivity contribution in [2.75, 3.05) is 14.2 Å². The van der Waals surface area contributed by atoms with E-state index in [0.29, 0.717) is 11.8 Å². The van der Waals surface area contributed by atoms with Crippen molar-refractivity contribution in [2.24, 2.45) is 11.8 Å². The summed E-state index contributed by atoms with van der Waals surface area (Å²) in [7, 11) is 3.70. The second-order valence-electron chi connectivity index (χ2n) is 5.66. The summed E-state index contributed by atoms with van der Waals surface area (Å²) < 4.78 is 13.5. The first-order chi connectivity index (χ1) is 9.54. The van der Waals surface area contributed by atoms with E-state index in [0.717, 1.165) is 18.0 Å². The molecule has 1 saturated heterocycles. The average molecular weight is 281 g/mol. The number of aromatic nitrogens is 2. The molecule has 20 heavy (non-hydrogen) atoms. The Labute approximate surface area is 121 Å². The average Bonchev–Trinajstić information content (AvgIpc) is 2.95. The van der Waals surface area contributed by atoms with Crippen LogP contribution in [0.15, 0.2) is 6.20 Å². The first-order valence-corrected chi connectivity index (χ1v) is 7.47. The van der Waals surface area contributed by atoms with Gasteiger partial charge in [-0.25, -0.2) is 0 Å². The molecular weight excluding hydrogens is 254 g/mol. The molecule has 0 saturated carbocycles. The Hall–Kier alpha value is -1.07. The van der Waals surface area contributed by atoms with Crippen molar-refractivity contribution in [3.63, 3.8) is 0 Å². The number of methoxy groups -OCH3 is 1. The number of rotatable bonds is 5. The molecule has 2 heterocycles. The summed E-state index contributed by atoms with van der Waals surface area (Å²) in [4.78, 5) is 0. The van der Waals surface area contributed by atoms with Crippen molar-refractivity contribution in [1.82, 2.24) is 15.1 Å². The normalized spacial score (nSPS) is 31.5. The van der Waals surface area contributed by atoms with Crippen LogP contribution in [-0.4, -0.2) is 36.1 Å². The molecule has 1 aliphatic rings. The van der Waals surface area contributed by atoms with Gasteiger partial charge in [0.05, 0.1) is 37.3 Å². The topological polar surface area (TPSA) is 48.3 Å². The third-order valence-corrected chi connectivity index (χ3v) is 4.67. The van der Waals surface area contributed by atoms with E-state index in [1.165, 1.54) is 0 Å². The molecule has 0 aliphatic carbocycles. The zero-order valence-electron chi connectivity index (χ0n) is 13.4. The molecule has 5 atom stereocenters. The van der Waals surface area contributed by atoms with Gasteiger partial charge in [-0.15, -0.1) is 0 Å². The fourth-order valence-electron chi connectivity index (χ4n) is 3.48. The van der Waals surface area contributed by atoms with E-state index in [1.807, 2.05) is 11.7 Å². The zero-order chi connectivity index (χ0) is 14.9. The molecular formula is C15H27N3O2. The van der Waals surface area contributed by atoms with E-state index in [4.69, 9.17) is 9.47 Å². The molecule has 1 N–H and O–H groups in total. The lowest BCUT2D eigenvalue weighted by Crippen LogP contribution is -2.34. The highest BCUT2D eigenvalue weighted by molar-refractivity contribution is 5.29. The minimum Gasteiger partial charge on any atom is -0.493 e. The molecule has 1 aliphatic heterocycles. The van der Waals surface area contributed by atoms with Crippen LogP contribution in [0.25, 0.3) is 0 Å². The fourth-order valence-corrected chi connectivity index (χ4v) is 3.48. The van der Waals surface area contributed by atoms with Crippen LogP contribution < -0.4 is 10.1 Å². The van der Waals surface area contributed by atoms with Crippen LogP contribution in [0.4, 0.5) is 0 Å². The van der Waals surface area contributed by atoms with Crippen LogP contribution in [0.2, 0.25) is 0 Å². The third-order valence-electron chi connectivity index (χ3n) is 4.67. The molecule has 0 aromatic carbocycles. The Bertz CT molecular complexity index is 425. The van der Waals surface area contributed by atoms with Crippen molar-refractivity contribution in [3.8, 4) is 5.75 Å². The van der Waals surface area contributed by atoms with Gasteiger partial charge >= 0.3 is 0 Å². The maximum absolute atomic E-state index is 6.00. The quantitative estimate of drug-likeness (QED) is 0.899. The predicted molar refractivity (Wildman–Crippen MR) is 78.9 cm³/mol. The minimum atomic E-state index is 0.183. The van der Waals surface area contributed by atoms with Gasteiger partial charge in [-0.3, -0.25) is 4.68 Å². The lowest BCUT2D eigenvalue weighted by molar-refractivity contribution is 0.0473. The second-order valence-corrected chi connectivity index (χ2v) is 5.66. The Balaban J connectivity index is 2.40. The van der Waals surface area contributed by atoms with Crippen molar-refractivity contribution >= 4 is 0 Å². The summed E-state index contributed by atoms with van der Waals surface area (Å²) in [6.45, 7) is 9.52. The van der Waals surface area contributed by atoms with Crippen LogP contribution >= 0.6 is 0 Å². The Morgan fingerprint density at radius 3 is 2.55 bits per heavy atom. The first-order valence-electron chi connectivity index (χ1n) is 7.47.